The molecule has 2 heteroatoms. The summed E-state index contributed by atoms with van der Waals surface area (Å²) in [5, 5.41) is 3.75. The molecule has 1 unspecified atom stereocenters. The molecule has 0 heterocycles. The molecule has 1 atom stereocenters. The van der Waals surface area contributed by atoms with Crippen LogP contribution in [0.15, 0.2) is 24.3 Å². The van der Waals surface area contributed by atoms with Gasteiger partial charge in [-0.15, -0.1) is 0 Å². The van der Waals surface area contributed by atoms with E-state index in [2.05, 4.69) is 36.5 Å². The zero-order valence-electron chi connectivity index (χ0n) is 13.5. The number of hydrogen-bond donors (Lipinski definition) is 1. The summed E-state index contributed by atoms with van der Waals surface area (Å²) in [5.41, 5.74) is 3.06. The van der Waals surface area contributed by atoms with E-state index in [1.165, 1.54) is 50.5 Å². The topological polar surface area (TPSA) is 21.3 Å². The second-order valence-electron chi connectivity index (χ2n) is 6.72. The first-order valence-electron chi connectivity index (χ1n) is 8.68. The van der Waals surface area contributed by atoms with E-state index in [-0.39, 0.29) is 5.60 Å². The first-order chi connectivity index (χ1) is 10.3. The van der Waals surface area contributed by atoms with Crippen molar-refractivity contribution in [1.82, 2.24) is 5.32 Å². The van der Waals surface area contributed by atoms with Crippen LogP contribution in [0.4, 0.5) is 0 Å². The highest BCUT2D eigenvalue weighted by atomic mass is 16.5. The third-order valence-electron chi connectivity index (χ3n) is 5.64. The molecule has 2 saturated carbocycles. The normalized spacial score (nSPS) is 23.0. The molecule has 1 N–H and O–H groups in total. The van der Waals surface area contributed by atoms with E-state index in [1.807, 2.05) is 7.11 Å². The summed E-state index contributed by atoms with van der Waals surface area (Å²) in [7, 11) is 1.90. The maximum atomic E-state index is 6.09. The molecule has 0 radical (unpaired) electrons. The molecule has 116 valence electrons. The van der Waals surface area contributed by atoms with Gasteiger partial charge in [-0.1, -0.05) is 50.5 Å². The fourth-order valence-corrected chi connectivity index (χ4v) is 4.23. The lowest BCUT2D eigenvalue weighted by Crippen LogP contribution is -2.44. The number of nitrogens with one attached hydrogen (secondary N) is 1. The fraction of sp³-hybridized carbons (Fsp3) is 0.684. The summed E-state index contributed by atoms with van der Waals surface area (Å²) in [4.78, 5) is 0. The largest absolute Gasteiger partial charge is 0.376 e. The van der Waals surface area contributed by atoms with Crippen molar-refractivity contribution in [1.29, 1.82) is 0 Å². The maximum absolute atomic E-state index is 6.09. The highest BCUT2D eigenvalue weighted by Crippen LogP contribution is 2.46. The highest BCUT2D eigenvalue weighted by molar-refractivity contribution is 5.36. The molecule has 0 spiro atoms. The van der Waals surface area contributed by atoms with Gasteiger partial charge in [0.1, 0.15) is 0 Å². The van der Waals surface area contributed by atoms with Gasteiger partial charge in [0, 0.05) is 7.11 Å². The molecule has 0 bridgehead atoms. The Hall–Kier alpha value is -0.860. The Balaban J connectivity index is 1.97. The van der Waals surface area contributed by atoms with Crippen LogP contribution in [0.1, 0.15) is 75.0 Å². The van der Waals surface area contributed by atoms with Gasteiger partial charge >= 0.3 is 0 Å². The number of hydrogen-bond acceptors (Lipinski definition) is 2. The molecule has 2 fully saturated rings. The number of methoxy groups -OCH3 is 1. The summed E-state index contributed by atoms with van der Waals surface area (Å²) in [6.07, 6.45) is 9.05. The van der Waals surface area contributed by atoms with Gasteiger partial charge in [-0.2, -0.15) is 0 Å². The Bertz CT molecular complexity index is 460. The van der Waals surface area contributed by atoms with Crippen LogP contribution in [0, 0.1) is 0 Å². The van der Waals surface area contributed by atoms with Crippen molar-refractivity contribution in [2.24, 2.45) is 0 Å². The summed E-state index contributed by atoms with van der Waals surface area (Å²) in [6.45, 7) is 3.20. The van der Waals surface area contributed by atoms with E-state index < -0.39 is 0 Å². The standard InChI is InChI=1S/C19H29NO/c1-3-20-18(19(21-2)13-6-7-14-19)17-12-5-4-11-16(17)15-9-8-10-15/h4-5,11-12,15,18,20H,3,6-10,13-14H2,1-2H3. The van der Waals surface area contributed by atoms with Crippen molar-refractivity contribution in [3.05, 3.63) is 35.4 Å². The second kappa shape index (κ2) is 6.50. The molecule has 0 saturated heterocycles. The summed E-state index contributed by atoms with van der Waals surface area (Å²) in [5.74, 6) is 0.776. The van der Waals surface area contributed by atoms with Gasteiger partial charge in [0.2, 0.25) is 0 Å². The van der Waals surface area contributed by atoms with Gasteiger partial charge in [-0.3, -0.25) is 0 Å². The lowest BCUT2D eigenvalue weighted by molar-refractivity contribution is -0.0367. The Morgan fingerprint density at radius 3 is 2.48 bits per heavy atom. The zero-order valence-corrected chi connectivity index (χ0v) is 13.5. The lowest BCUT2D eigenvalue weighted by atomic mass is 9.74. The second-order valence-corrected chi connectivity index (χ2v) is 6.72. The Morgan fingerprint density at radius 1 is 1.19 bits per heavy atom. The van der Waals surface area contributed by atoms with Crippen molar-refractivity contribution in [3.8, 4) is 0 Å². The molecule has 3 rings (SSSR count). The van der Waals surface area contributed by atoms with Gasteiger partial charge in [-0.05, 0) is 49.3 Å². The van der Waals surface area contributed by atoms with Crippen LogP contribution in [0.5, 0.6) is 0 Å². The van der Waals surface area contributed by atoms with Gasteiger partial charge in [0.05, 0.1) is 11.6 Å². The third kappa shape index (κ3) is 2.76. The molecule has 1 aromatic carbocycles. The summed E-state index contributed by atoms with van der Waals surface area (Å²) >= 11 is 0. The minimum Gasteiger partial charge on any atom is -0.376 e. The zero-order chi connectivity index (χ0) is 14.7. The lowest BCUT2D eigenvalue weighted by Gasteiger charge is -2.40. The first kappa shape index (κ1) is 15.1. The van der Waals surface area contributed by atoms with Crippen molar-refractivity contribution < 1.29 is 4.74 Å². The third-order valence-corrected chi connectivity index (χ3v) is 5.64. The quantitative estimate of drug-likeness (QED) is 0.828. The molecule has 2 nitrogen and oxygen atoms in total. The van der Waals surface area contributed by atoms with E-state index in [1.54, 1.807) is 5.56 Å². The number of benzene rings is 1. The molecule has 0 amide bonds. The van der Waals surface area contributed by atoms with Crippen LogP contribution in [-0.2, 0) is 4.74 Å². The molecule has 21 heavy (non-hydrogen) atoms. The molecule has 0 aromatic heterocycles. The van der Waals surface area contributed by atoms with E-state index in [0.717, 1.165) is 12.5 Å². The average molecular weight is 287 g/mol. The molecule has 0 aliphatic heterocycles. The monoisotopic (exact) mass is 287 g/mol. The minimum absolute atomic E-state index is 0.00411. The predicted molar refractivity (Wildman–Crippen MR) is 87.7 cm³/mol. The van der Waals surface area contributed by atoms with Crippen molar-refractivity contribution in [3.63, 3.8) is 0 Å². The number of ether oxygens (including phenoxy) is 1. The van der Waals surface area contributed by atoms with E-state index in [9.17, 15) is 0 Å². The fourth-order valence-electron chi connectivity index (χ4n) is 4.23. The smallest absolute Gasteiger partial charge is 0.0872 e. The summed E-state index contributed by atoms with van der Waals surface area (Å²) in [6, 6.07) is 9.42. The van der Waals surface area contributed by atoms with Gasteiger partial charge < -0.3 is 10.1 Å². The van der Waals surface area contributed by atoms with Gasteiger partial charge in [0.15, 0.2) is 0 Å². The van der Waals surface area contributed by atoms with Crippen LogP contribution in [0.25, 0.3) is 0 Å². The first-order valence-corrected chi connectivity index (χ1v) is 8.68. The van der Waals surface area contributed by atoms with E-state index >= 15 is 0 Å². The van der Waals surface area contributed by atoms with E-state index in [0.29, 0.717) is 6.04 Å². The van der Waals surface area contributed by atoms with Crippen LogP contribution in [-0.4, -0.2) is 19.3 Å². The highest BCUT2D eigenvalue weighted by Gasteiger charge is 2.43. The van der Waals surface area contributed by atoms with Crippen molar-refractivity contribution in [2.45, 2.75) is 69.4 Å². The van der Waals surface area contributed by atoms with Gasteiger partial charge in [0.25, 0.3) is 0 Å². The SMILES string of the molecule is CCNC(c1ccccc1C1CCC1)C1(OC)CCCC1. The predicted octanol–water partition coefficient (Wildman–Crippen LogP) is 4.56. The molecular weight excluding hydrogens is 258 g/mol. The molecule has 2 aliphatic carbocycles. The summed E-state index contributed by atoms with van der Waals surface area (Å²) < 4.78 is 6.09. The Kier molecular flexibility index (Phi) is 4.66. The van der Waals surface area contributed by atoms with Crippen molar-refractivity contribution in [2.75, 3.05) is 13.7 Å². The van der Waals surface area contributed by atoms with Crippen LogP contribution in [0.2, 0.25) is 0 Å². The van der Waals surface area contributed by atoms with Crippen LogP contribution < -0.4 is 5.32 Å². The van der Waals surface area contributed by atoms with Gasteiger partial charge in [-0.25, -0.2) is 0 Å². The van der Waals surface area contributed by atoms with E-state index in [4.69, 9.17) is 4.74 Å². The molecule has 2 aliphatic rings. The maximum Gasteiger partial charge on any atom is 0.0872 e. The van der Waals surface area contributed by atoms with Crippen molar-refractivity contribution >= 4 is 0 Å². The molecule has 1 aromatic rings. The molecular formula is C19H29NO. The van der Waals surface area contributed by atoms with Crippen LogP contribution >= 0.6 is 0 Å². The Labute approximate surface area is 129 Å². The minimum atomic E-state index is -0.00411. The number of likely N-dealkylation sites (N-methyl/N-ethyl adjacent to an activating group) is 1. The average Bonchev–Trinajstić information content (AvgIpc) is 2.94. The number of rotatable bonds is 6. The Morgan fingerprint density at radius 2 is 1.90 bits per heavy atom. The van der Waals surface area contributed by atoms with Crippen LogP contribution in [0.3, 0.4) is 0 Å².